The summed E-state index contributed by atoms with van der Waals surface area (Å²) in [6, 6.07) is -0.0862. The van der Waals surface area contributed by atoms with Crippen molar-refractivity contribution >= 4 is 6.03 Å². The summed E-state index contributed by atoms with van der Waals surface area (Å²) in [6.45, 7) is 5.68. The van der Waals surface area contributed by atoms with Gasteiger partial charge in [0.1, 0.15) is 0 Å². The molecule has 4 heteroatoms. The summed E-state index contributed by atoms with van der Waals surface area (Å²) in [7, 11) is 0. The predicted octanol–water partition coefficient (Wildman–Crippen LogP) is 2.33. The molecular formula is C14H26N2O2. The van der Waals surface area contributed by atoms with Crippen LogP contribution in [0.15, 0.2) is 12.7 Å². The smallest absolute Gasteiger partial charge is 0.315 e. The van der Waals surface area contributed by atoms with Crippen LogP contribution in [0.4, 0.5) is 4.79 Å². The molecule has 0 heterocycles. The molecule has 1 rings (SSSR count). The molecule has 0 aromatic carbocycles. The van der Waals surface area contributed by atoms with Gasteiger partial charge in [0.05, 0.1) is 12.1 Å². The number of allylic oxidation sites excluding steroid dienone is 1. The Morgan fingerprint density at radius 3 is 2.89 bits per heavy atom. The largest absolute Gasteiger partial charge is 0.391 e. The number of rotatable bonds is 6. The molecule has 0 aromatic rings. The van der Waals surface area contributed by atoms with Crippen LogP contribution in [0.5, 0.6) is 0 Å². The highest BCUT2D eigenvalue weighted by atomic mass is 16.3. The van der Waals surface area contributed by atoms with Crippen LogP contribution in [0.3, 0.4) is 0 Å². The van der Waals surface area contributed by atoms with Crippen LogP contribution in [0.25, 0.3) is 0 Å². The van der Waals surface area contributed by atoms with Gasteiger partial charge in [0.15, 0.2) is 0 Å². The molecule has 3 atom stereocenters. The van der Waals surface area contributed by atoms with E-state index >= 15 is 0 Å². The van der Waals surface area contributed by atoms with Gasteiger partial charge in [-0.3, -0.25) is 0 Å². The van der Waals surface area contributed by atoms with Gasteiger partial charge in [0.2, 0.25) is 0 Å². The van der Waals surface area contributed by atoms with Crippen molar-refractivity contribution in [3.8, 4) is 0 Å². The zero-order valence-electron chi connectivity index (χ0n) is 11.3. The lowest BCUT2D eigenvalue weighted by atomic mass is 9.93. The fourth-order valence-corrected chi connectivity index (χ4v) is 2.35. The van der Waals surface area contributed by atoms with Crippen molar-refractivity contribution in [2.45, 2.75) is 70.1 Å². The van der Waals surface area contributed by atoms with Crippen LogP contribution in [0.2, 0.25) is 0 Å². The highest BCUT2D eigenvalue weighted by Crippen LogP contribution is 2.18. The number of urea groups is 1. The number of nitrogens with one attached hydrogen (secondary N) is 2. The van der Waals surface area contributed by atoms with E-state index in [0.29, 0.717) is 0 Å². The standard InChI is InChI=1S/C14H26N2O2/c1-3-4-5-8-11(2)15-14(18)16-12-9-6-7-10-13(12)17/h3,11-13,17H,1,4-10H2,2H3,(H2,15,16,18). The van der Waals surface area contributed by atoms with E-state index in [2.05, 4.69) is 17.2 Å². The SMILES string of the molecule is C=CCCCC(C)NC(=O)NC1CCCCC1O. The molecule has 104 valence electrons. The molecule has 1 saturated carbocycles. The Labute approximate surface area is 110 Å². The monoisotopic (exact) mass is 254 g/mol. The van der Waals surface area contributed by atoms with Gasteiger partial charge in [0, 0.05) is 6.04 Å². The zero-order chi connectivity index (χ0) is 13.4. The third kappa shape index (κ3) is 5.54. The van der Waals surface area contributed by atoms with Crippen LogP contribution in [0.1, 0.15) is 51.9 Å². The van der Waals surface area contributed by atoms with Gasteiger partial charge in [-0.05, 0) is 39.0 Å². The number of aliphatic hydroxyl groups is 1. The molecular weight excluding hydrogens is 228 g/mol. The van der Waals surface area contributed by atoms with Crippen molar-refractivity contribution in [2.75, 3.05) is 0 Å². The number of carbonyl (C=O) groups is 1. The van der Waals surface area contributed by atoms with E-state index in [1.165, 1.54) is 0 Å². The quantitative estimate of drug-likeness (QED) is 0.503. The number of hydrogen-bond acceptors (Lipinski definition) is 2. The highest BCUT2D eigenvalue weighted by Gasteiger charge is 2.24. The third-order valence-corrected chi connectivity index (χ3v) is 3.47. The van der Waals surface area contributed by atoms with Crippen molar-refractivity contribution in [1.82, 2.24) is 10.6 Å². The molecule has 2 amide bonds. The van der Waals surface area contributed by atoms with Crippen LogP contribution in [0, 0.1) is 0 Å². The van der Waals surface area contributed by atoms with Crippen molar-refractivity contribution in [3.05, 3.63) is 12.7 Å². The molecule has 4 nitrogen and oxygen atoms in total. The molecule has 1 aliphatic carbocycles. The average Bonchev–Trinajstić information content (AvgIpc) is 2.32. The first-order valence-electron chi connectivity index (χ1n) is 6.99. The third-order valence-electron chi connectivity index (χ3n) is 3.47. The Kier molecular flexibility index (Phi) is 6.80. The van der Waals surface area contributed by atoms with Crippen molar-refractivity contribution < 1.29 is 9.90 Å². The molecule has 1 aliphatic rings. The number of aliphatic hydroxyl groups excluding tert-OH is 1. The second-order valence-corrected chi connectivity index (χ2v) is 5.20. The maximum Gasteiger partial charge on any atom is 0.315 e. The fraction of sp³-hybridized carbons (Fsp3) is 0.786. The van der Waals surface area contributed by atoms with E-state index in [1.807, 2.05) is 13.0 Å². The Morgan fingerprint density at radius 2 is 2.22 bits per heavy atom. The van der Waals surface area contributed by atoms with Crippen molar-refractivity contribution in [1.29, 1.82) is 0 Å². The van der Waals surface area contributed by atoms with Gasteiger partial charge in [0.25, 0.3) is 0 Å². The minimum absolute atomic E-state index is 0.0841. The van der Waals surface area contributed by atoms with E-state index in [4.69, 9.17) is 0 Å². The van der Waals surface area contributed by atoms with Gasteiger partial charge < -0.3 is 15.7 Å². The molecule has 0 aliphatic heterocycles. The van der Waals surface area contributed by atoms with Gasteiger partial charge in [-0.1, -0.05) is 18.9 Å². The van der Waals surface area contributed by atoms with E-state index in [9.17, 15) is 9.90 Å². The molecule has 0 bridgehead atoms. The van der Waals surface area contributed by atoms with Gasteiger partial charge in [-0.15, -0.1) is 6.58 Å². The summed E-state index contributed by atoms with van der Waals surface area (Å²) >= 11 is 0. The van der Waals surface area contributed by atoms with Crippen LogP contribution in [-0.2, 0) is 0 Å². The van der Waals surface area contributed by atoms with Crippen LogP contribution in [-0.4, -0.2) is 29.3 Å². The summed E-state index contributed by atoms with van der Waals surface area (Å²) in [5.74, 6) is 0. The summed E-state index contributed by atoms with van der Waals surface area (Å²) in [4.78, 5) is 11.7. The number of amides is 2. The van der Waals surface area contributed by atoms with Gasteiger partial charge in [-0.2, -0.15) is 0 Å². The molecule has 0 saturated heterocycles. The van der Waals surface area contributed by atoms with Gasteiger partial charge >= 0.3 is 6.03 Å². The first kappa shape index (κ1) is 15.0. The summed E-state index contributed by atoms with van der Waals surface area (Å²) in [6.07, 6.45) is 8.28. The minimum atomic E-state index is -0.388. The summed E-state index contributed by atoms with van der Waals surface area (Å²) in [5.41, 5.74) is 0. The molecule has 0 spiro atoms. The average molecular weight is 254 g/mol. The number of carbonyl (C=O) groups excluding carboxylic acids is 1. The predicted molar refractivity (Wildman–Crippen MR) is 73.4 cm³/mol. The zero-order valence-corrected chi connectivity index (χ0v) is 11.3. The Hall–Kier alpha value is -1.03. The van der Waals surface area contributed by atoms with E-state index in [-0.39, 0.29) is 24.2 Å². The molecule has 3 unspecified atom stereocenters. The molecule has 18 heavy (non-hydrogen) atoms. The maximum atomic E-state index is 11.7. The summed E-state index contributed by atoms with van der Waals surface area (Å²) < 4.78 is 0. The highest BCUT2D eigenvalue weighted by molar-refractivity contribution is 5.74. The first-order valence-corrected chi connectivity index (χ1v) is 6.99. The molecule has 0 aromatic heterocycles. The number of unbranched alkanes of at least 4 members (excludes halogenated alkanes) is 1. The lowest BCUT2D eigenvalue weighted by Crippen LogP contribution is -2.50. The first-order chi connectivity index (χ1) is 8.63. The number of hydrogen-bond donors (Lipinski definition) is 3. The molecule has 1 fully saturated rings. The lowest BCUT2D eigenvalue weighted by Gasteiger charge is -2.29. The second-order valence-electron chi connectivity index (χ2n) is 5.20. The van der Waals surface area contributed by atoms with Crippen molar-refractivity contribution in [3.63, 3.8) is 0 Å². The normalized spacial score (nSPS) is 25.2. The summed E-state index contributed by atoms with van der Waals surface area (Å²) in [5, 5.41) is 15.6. The van der Waals surface area contributed by atoms with Gasteiger partial charge in [-0.25, -0.2) is 4.79 Å². The Balaban J connectivity index is 2.21. The van der Waals surface area contributed by atoms with E-state index in [1.54, 1.807) is 0 Å². The van der Waals surface area contributed by atoms with Crippen LogP contribution >= 0.6 is 0 Å². The topological polar surface area (TPSA) is 61.4 Å². The lowest BCUT2D eigenvalue weighted by molar-refractivity contribution is 0.0940. The molecule has 3 N–H and O–H groups in total. The Bertz CT molecular complexity index is 269. The fourth-order valence-electron chi connectivity index (χ4n) is 2.35. The maximum absolute atomic E-state index is 11.7. The molecule has 0 radical (unpaired) electrons. The van der Waals surface area contributed by atoms with Crippen molar-refractivity contribution in [2.24, 2.45) is 0 Å². The van der Waals surface area contributed by atoms with E-state index < -0.39 is 0 Å². The van der Waals surface area contributed by atoms with E-state index in [0.717, 1.165) is 44.9 Å². The second kappa shape index (κ2) is 8.14. The Morgan fingerprint density at radius 1 is 1.50 bits per heavy atom. The minimum Gasteiger partial charge on any atom is -0.391 e. The van der Waals surface area contributed by atoms with Crippen LogP contribution < -0.4 is 10.6 Å².